The highest BCUT2D eigenvalue weighted by atomic mass is 32.2. The van der Waals surface area contributed by atoms with E-state index in [2.05, 4.69) is 0 Å². The molecule has 0 N–H and O–H groups in total. The summed E-state index contributed by atoms with van der Waals surface area (Å²) in [5.41, 5.74) is 0.767. The molecular weight excluding hydrogens is 376 g/mol. The van der Waals surface area contributed by atoms with Gasteiger partial charge in [0.2, 0.25) is 10.0 Å². The SMILES string of the molecule is CCC(Oc1ccccc1)C(=O)N1CCN(S(=O)(=O)Cc2ccccc2)CC1. The molecular formula is C21H26N2O4S. The van der Waals surface area contributed by atoms with Gasteiger partial charge in [0.15, 0.2) is 6.10 Å². The fraction of sp³-hybridized carbons (Fsp3) is 0.381. The van der Waals surface area contributed by atoms with Gasteiger partial charge in [-0.05, 0) is 24.1 Å². The van der Waals surface area contributed by atoms with Crippen molar-refractivity contribution >= 4 is 15.9 Å². The van der Waals surface area contributed by atoms with E-state index in [-0.39, 0.29) is 11.7 Å². The first-order chi connectivity index (χ1) is 13.5. The first-order valence-electron chi connectivity index (χ1n) is 9.52. The molecule has 1 atom stereocenters. The van der Waals surface area contributed by atoms with Gasteiger partial charge in [0.1, 0.15) is 5.75 Å². The molecule has 2 aromatic rings. The van der Waals surface area contributed by atoms with Crippen LogP contribution >= 0.6 is 0 Å². The lowest BCUT2D eigenvalue weighted by Crippen LogP contribution is -2.53. The molecule has 0 aliphatic carbocycles. The topological polar surface area (TPSA) is 66.9 Å². The zero-order chi connectivity index (χ0) is 20.0. The highest BCUT2D eigenvalue weighted by Gasteiger charge is 2.32. The lowest BCUT2D eigenvalue weighted by molar-refractivity contribution is -0.140. The normalized spacial score (nSPS) is 16.5. The zero-order valence-corrected chi connectivity index (χ0v) is 16.8. The molecule has 1 amide bonds. The van der Waals surface area contributed by atoms with E-state index < -0.39 is 16.1 Å². The van der Waals surface area contributed by atoms with Crippen LogP contribution in [0.1, 0.15) is 18.9 Å². The van der Waals surface area contributed by atoms with Crippen molar-refractivity contribution in [2.75, 3.05) is 26.2 Å². The Bertz CT molecular complexity index is 864. The average Bonchev–Trinajstić information content (AvgIpc) is 2.73. The van der Waals surface area contributed by atoms with E-state index in [1.807, 2.05) is 67.6 Å². The number of piperazine rings is 1. The van der Waals surface area contributed by atoms with E-state index in [0.29, 0.717) is 38.3 Å². The maximum absolute atomic E-state index is 12.8. The van der Waals surface area contributed by atoms with Crippen LogP contribution in [0.5, 0.6) is 5.75 Å². The Balaban J connectivity index is 1.57. The zero-order valence-electron chi connectivity index (χ0n) is 16.0. The summed E-state index contributed by atoms with van der Waals surface area (Å²) in [7, 11) is -3.40. The largest absolute Gasteiger partial charge is 0.481 e. The highest BCUT2D eigenvalue weighted by molar-refractivity contribution is 7.88. The van der Waals surface area contributed by atoms with Crippen molar-refractivity contribution in [2.45, 2.75) is 25.2 Å². The van der Waals surface area contributed by atoms with Gasteiger partial charge in [-0.25, -0.2) is 8.42 Å². The van der Waals surface area contributed by atoms with Crippen molar-refractivity contribution < 1.29 is 17.9 Å². The molecule has 1 aliphatic heterocycles. The number of carbonyl (C=O) groups excluding carboxylic acids is 1. The van der Waals surface area contributed by atoms with Crippen LogP contribution in [0, 0.1) is 0 Å². The number of ether oxygens (including phenoxy) is 1. The van der Waals surface area contributed by atoms with Crippen LogP contribution in [-0.2, 0) is 20.6 Å². The van der Waals surface area contributed by atoms with E-state index >= 15 is 0 Å². The van der Waals surface area contributed by atoms with Crippen LogP contribution in [0.4, 0.5) is 0 Å². The van der Waals surface area contributed by atoms with Gasteiger partial charge in [-0.1, -0.05) is 55.5 Å². The maximum atomic E-state index is 12.8. The van der Waals surface area contributed by atoms with Gasteiger partial charge >= 0.3 is 0 Å². The average molecular weight is 403 g/mol. The molecule has 0 spiro atoms. The van der Waals surface area contributed by atoms with Crippen molar-refractivity contribution in [3.8, 4) is 5.75 Å². The minimum Gasteiger partial charge on any atom is -0.481 e. The second kappa shape index (κ2) is 9.21. The summed E-state index contributed by atoms with van der Waals surface area (Å²) in [5, 5.41) is 0. The standard InChI is InChI=1S/C21H26N2O4S/c1-2-20(27-19-11-7-4-8-12-19)21(24)22-13-15-23(16-14-22)28(25,26)17-18-9-5-3-6-10-18/h3-12,20H,2,13-17H2,1H3. The Morgan fingerprint density at radius 1 is 0.964 bits per heavy atom. The minimum absolute atomic E-state index is 0.0174. The molecule has 2 aromatic carbocycles. The number of hydrogen-bond donors (Lipinski definition) is 0. The fourth-order valence-electron chi connectivity index (χ4n) is 3.24. The summed E-state index contributed by atoms with van der Waals surface area (Å²) in [5.74, 6) is 0.550. The van der Waals surface area contributed by atoms with Gasteiger partial charge in [0, 0.05) is 26.2 Å². The van der Waals surface area contributed by atoms with Gasteiger partial charge in [-0.15, -0.1) is 0 Å². The van der Waals surface area contributed by atoms with Crippen LogP contribution in [-0.4, -0.2) is 55.8 Å². The Morgan fingerprint density at radius 2 is 1.54 bits per heavy atom. The third-order valence-electron chi connectivity index (χ3n) is 4.80. The second-order valence-corrected chi connectivity index (χ2v) is 8.76. The van der Waals surface area contributed by atoms with E-state index in [0.717, 1.165) is 5.56 Å². The summed E-state index contributed by atoms with van der Waals surface area (Å²) in [6, 6.07) is 18.4. The molecule has 0 radical (unpaired) electrons. The van der Waals surface area contributed by atoms with Crippen molar-refractivity contribution in [1.82, 2.24) is 9.21 Å². The third-order valence-corrected chi connectivity index (χ3v) is 6.65. The van der Waals surface area contributed by atoms with Crippen LogP contribution < -0.4 is 4.74 Å². The maximum Gasteiger partial charge on any atom is 0.263 e. The van der Waals surface area contributed by atoms with Crippen LogP contribution in [0.25, 0.3) is 0 Å². The Morgan fingerprint density at radius 3 is 2.11 bits per heavy atom. The fourth-order valence-corrected chi connectivity index (χ4v) is 4.75. The van der Waals surface area contributed by atoms with E-state index in [9.17, 15) is 13.2 Å². The summed E-state index contributed by atoms with van der Waals surface area (Å²) >= 11 is 0. The van der Waals surface area contributed by atoms with Crippen LogP contribution in [0.2, 0.25) is 0 Å². The molecule has 1 heterocycles. The predicted octanol–water partition coefficient (Wildman–Crippen LogP) is 2.52. The molecule has 1 aliphatic rings. The lowest BCUT2D eigenvalue weighted by Gasteiger charge is -2.35. The number of amides is 1. The minimum atomic E-state index is -3.40. The number of sulfonamides is 1. The van der Waals surface area contributed by atoms with Gasteiger partial charge in [-0.3, -0.25) is 4.79 Å². The summed E-state index contributed by atoms with van der Waals surface area (Å²) in [6.07, 6.45) is -0.00450. The first-order valence-corrected chi connectivity index (χ1v) is 11.1. The molecule has 28 heavy (non-hydrogen) atoms. The first kappa shape index (κ1) is 20.4. The molecule has 150 valence electrons. The van der Waals surface area contributed by atoms with E-state index in [1.165, 1.54) is 4.31 Å². The number of para-hydroxylation sites is 1. The van der Waals surface area contributed by atoms with Crippen molar-refractivity contribution in [1.29, 1.82) is 0 Å². The molecule has 7 heteroatoms. The van der Waals surface area contributed by atoms with Gasteiger partial charge < -0.3 is 9.64 Å². The molecule has 0 aromatic heterocycles. The molecule has 6 nitrogen and oxygen atoms in total. The summed E-state index contributed by atoms with van der Waals surface area (Å²) < 4.78 is 32.6. The second-order valence-electron chi connectivity index (χ2n) is 6.79. The molecule has 1 unspecified atom stereocenters. The van der Waals surface area contributed by atoms with E-state index in [4.69, 9.17) is 4.74 Å². The quantitative estimate of drug-likeness (QED) is 0.714. The number of benzene rings is 2. The van der Waals surface area contributed by atoms with Gasteiger partial charge in [0.05, 0.1) is 5.75 Å². The predicted molar refractivity (Wildman–Crippen MR) is 108 cm³/mol. The number of nitrogens with zero attached hydrogens (tertiary/aromatic N) is 2. The van der Waals surface area contributed by atoms with E-state index in [1.54, 1.807) is 4.90 Å². The molecule has 0 saturated carbocycles. The molecule has 1 fully saturated rings. The van der Waals surface area contributed by atoms with Crippen LogP contribution in [0.3, 0.4) is 0 Å². The van der Waals surface area contributed by atoms with Crippen molar-refractivity contribution in [2.24, 2.45) is 0 Å². The summed E-state index contributed by atoms with van der Waals surface area (Å²) in [4.78, 5) is 14.5. The highest BCUT2D eigenvalue weighted by Crippen LogP contribution is 2.17. The Kier molecular flexibility index (Phi) is 6.70. The summed E-state index contributed by atoms with van der Waals surface area (Å²) in [6.45, 7) is 3.28. The van der Waals surface area contributed by atoms with Crippen molar-refractivity contribution in [3.05, 3.63) is 66.2 Å². The molecule has 1 saturated heterocycles. The van der Waals surface area contributed by atoms with Gasteiger partial charge in [0.25, 0.3) is 5.91 Å². The van der Waals surface area contributed by atoms with Gasteiger partial charge in [-0.2, -0.15) is 4.31 Å². The Labute approximate surface area is 166 Å². The number of carbonyl (C=O) groups is 1. The smallest absolute Gasteiger partial charge is 0.263 e. The Hall–Kier alpha value is -2.38. The van der Waals surface area contributed by atoms with Crippen molar-refractivity contribution in [3.63, 3.8) is 0 Å². The number of hydrogen-bond acceptors (Lipinski definition) is 4. The monoisotopic (exact) mass is 402 g/mol. The molecule has 0 bridgehead atoms. The third kappa shape index (κ3) is 5.11. The number of rotatable bonds is 7. The molecule has 3 rings (SSSR count). The van der Waals surface area contributed by atoms with Crippen LogP contribution in [0.15, 0.2) is 60.7 Å². The lowest BCUT2D eigenvalue weighted by atomic mass is 10.2.